The molecule has 0 nitrogen and oxygen atoms in total. The number of rotatable bonds is 2. The van der Waals surface area contributed by atoms with Crippen LogP contribution in [0.25, 0.3) is 10.8 Å². The van der Waals surface area contributed by atoms with E-state index in [-0.39, 0.29) is 10.6 Å². The predicted octanol–water partition coefficient (Wildman–Crippen LogP) is 6.53. The minimum absolute atomic E-state index is 0.0359. The number of benzene rings is 3. The molecule has 1 unspecified atom stereocenters. The molecule has 0 heterocycles. The van der Waals surface area contributed by atoms with E-state index in [1.807, 2.05) is 18.2 Å². The van der Waals surface area contributed by atoms with Crippen molar-refractivity contribution in [1.29, 1.82) is 0 Å². The fraction of sp³-hybridized carbons (Fsp3) is 0.111. The largest absolute Gasteiger partial charge is 0.206 e. The highest BCUT2D eigenvalue weighted by Crippen LogP contribution is 2.38. The molecular formula is C18H13Br2F. The highest BCUT2D eigenvalue weighted by Gasteiger charge is 2.17. The van der Waals surface area contributed by atoms with Crippen molar-refractivity contribution in [3.05, 3.63) is 81.6 Å². The van der Waals surface area contributed by atoms with Crippen LogP contribution in [0.5, 0.6) is 0 Å². The molecule has 21 heavy (non-hydrogen) atoms. The third-order valence-corrected chi connectivity index (χ3v) is 5.31. The first-order valence-corrected chi connectivity index (χ1v) is 8.36. The molecule has 0 fully saturated rings. The Bertz CT molecular complexity index is 811. The molecule has 0 aliphatic heterocycles. The summed E-state index contributed by atoms with van der Waals surface area (Å²) >= 11 is 6.94. The molecule has 0 radical (unpaired) electrons. The highest BCUT2D eigenvalue weighted by atomic mass is 79.9. The summed E-state index contributed by atoms with van der Waals surface area (Å²) in [7, 11) is 0. The SMILES string of the molecule is Cc1ccc2ccccc2c1C(Br)c1ccc(Br)c(F)c1. The van der Waals surface area contributed by atoms with E-state index in [2.05, 4.69) is 63.0 Å². The van der Waals surface area contributed by atoms with Crippen molar-refractivity contribution in [2.75, 3.05) is 0 Å². The Morgan fingerprint density at radius 1 is 1.00 bits per heavy atom. The van der Waals surface area contributed by atoms with E-state index in [1.165, 1.54) is 21.9 Å². The zero-order valence-corrected chi connectivity index (χ0v) is 14.6. The lowest BCUT2D eigenvalue weighted by molar-refractivity contribution is 0.619. The minimum Gasteiger partial charge on any atom is -0.206 e. The number of halogens is 3. The summed E-state index contributed by atoms with van der Waals surface area (Å²) in [6, 6.07) is 17.8. The zero-order chi connectivity index (χ0) is 15.0. The summed E-state index contributed by atoms with van der Waals surface area (Å²) in [6.07, 6.45) is 0. The Balaban J connectivity index is 2.19. The van der Waals surface area contributed by atoms with Crippen molar-refractivity contribution in [1.82, 2.24) is 0 Å². The van der Waals surface area contributed by atoms with Crippen LogP contribution in [0.4, 0.5) is 4.39 Å². The van der Waals surface area contributed by atoms with Crippen LogP contribution >= 0.6 is 31.9 Å². The Morgan fingerprint density at radius 3 is 2.52 bits per heavy atom. The van der Waals surface area contributed by atoms with Crippen LogP contribution in [0.15, 0.2) is 59.1 Å². The molecule has 0 aliphatic rings. The maximum absolute atomic E-state index is 13.8. The monoisotopic (exact) mass is 406 g/mol. The molecule has 0 amide bonds. The first-order chi connectivity index (χ1) is 10.1. The van der Waals surface area contributed by atoms with E-state index < -0.39 is 0 Å². The number of hydrogen-bond donors (Lipinski definition) is 0. The first-order valence-electron chi connectivity index (χ1n) is 6.65. The topological polar surface area (TPSA) is 0 Å². The van der Waals surface area contributed by atoms with Gasteiger partial charge in [0.05, 0.1) is 9.30 Å². The molecule has 0 N–H and O–H groups in total. The molecule has 0 spiro atoms. The van der Waals surface area contributed by atoms with Crippen molar-refractivity contribution in [2.45, 2.75) is 11.8 Å². The van der Waals surface area contributed by atoms with Gasteiger partial charge in [-0.15, -0.1) is 0 Å². The summed E-state index contributed by atoms with van der Waals surface area (Å²) in [5.74, 6) is -0.241. The number of alkyl halides is 1. The molecule has 0 aromatic heterocycles. The van der Waals surface area contributed by atoms with Gasteiger partial charge in [-0.25, -0.2) is 4.39 Å². The second-order valence-corrected chi connectivity index (χ2v) is 6.82. The van der Waals surface area contributed by atoms with Gasteiger partial charge in [-0.2, -0.15) is 0 Å². The van der Waals surface area contributed by atoms with E-state index in [1.54, 1.807) is 12.1 Å². The summed E-state index contributed by atoms with van der Waals surface area (Å²) in [6.45, 7) is 2.09. The number of fused-ring (bicyclic) bond motifs is 1. The van der Waals surface area contributed by atoms with Crippen molar-refractivity contribution in [3.8, 4) is 0 Å². The molecule has 0 bridgehead atoms. The van der Waals surface area contributed by atoms with E-state index in [0.29, 0.717) is 4.47 Å². The van der Waals surface area contributed by atoms with E-state index in [4.69, 9.17) is 0 Å². The van der Waals surface area contributed by atoms with Crippen LogP contribution in [0.1, 0.15) is 21.5 Å². The molecule has 3 heteroatoms. The van der Waals surface area contributed by atoms with Gasteiger partial charge in [-0.1, -0.05) is 58.4 Å². The smallest absolute Gasteiger partial charge is 0.137 e. The third kappa shape index (κ3) is 2.77. The lowest BCUT2D eigenvalue weighted by Gasteiger charge is -2.17. The standard InChI is InChI=1S/C18H13Br2F/c1-11-6-7-12-4-2-3-5-14(12)17(11)18(20)13-8-9-15(19)16(21)10-13/h2-10,18H,1H3. The Labute approximate surface area is 140 Å². The van der Waals surface area contributed by atoms with Gasteiger partial charge in [0.25, 0.3) is 0 Å². The minimum atomic E-state index is -0.241. The summed E-state index contributed by atoms with van der Waals surface area (Å²) in [5.41, 5.74) is 3.30. The predicted molar refractivity (Wildman–Crippen MR) is 93.6 cm³/mol. The molecule has 0 aliphatic carbocycles. The maximum atomic E-state index is 13.8. The van der Waals surface area contributed by atoms with Gasteiger partial charge in [0, 0.05) is 0 Å². The zero-order valence-electron chi connectivity index (χ0n) is 11.4. The molecule has 3 aromatic rings. The first kappa shape index (κ1) is 14.7. The van der Waals surface area contributed by atoms with Crippen molar-refractivity contribution in [3.63, 3.8) is 0 Å². The van der Waals surface area contributed by atoms with Gasteiger partial charge in [-0.3, -0.25) is 0 Å². The molecular weight excluding hydrogens is 395 g/mol. The van der Waals surface area contributed by atoms with Crippen LogP contribution in [0.2, 0.25) is 0 Å². The van der Waals surface area contributed by atoms with Crippen LogP contribution in [-0.4, -0.2) is 0 Å². The van der Waals surface area contributed by atoms with Gasteiger partial charge >= 0.3 is 0 Å². The molecule has 3 aromatic carbocycles. The van der Waals surface area contributed by atoms with E-state index in [9.17, 15) is 4.39 Å². The van der Waals surface area contributed by atoms with E-state index >= 15 is 0 Å². The van der Waals surface area contributed by atoms with Gasteiger partial charge in [0.2, 0.25) is 0 Å². The Kier molecular flexibility index (Phi) is 4.14. The molecule has 106 valence electrons. The number of aryl methyl sites for hydroxylation is 1. The van der Waals surface area contributed by atoms with Crippen molar-refractivity contribution >= 4 is 42.6 Å². The molecule has 0 saturated heterocycles. The maximum Gasteiger partial charge on any atom is 0.137 e. The van der Waals surface area contributed by atoms with Gasteiger partial charge in [-0.05, 0) is 62.4 Å². The fourth-order valence-corrected chi connectivity index (χ4v) is 3.72. The Morgan fingerprint density at radius 2 is 1.76 bits per heavy atom. The van der Waals surface area contributed by atoms with Gasteiger partial charge in [0.15, 0.2) is 0 Å². The van der Waals surface area contributed by atoms with Gasteiger partial charge in [0.1, 0.15) is 5.82 Å². The second-order valence-electron chi connectivity index (χ2n) is 5.05. The normalized spacial score (nSPS) is 12.6. The van der Waals surface area contributed by atoms with Crippen LogP contribution in [-0.2, 0) is 0 Å². The average molecular weight is 408 g/mol. The second kappa shape index (κ2) is 5.90. The van der Waals surface area contributed by atoms with Crippen LogP contribution in [0.3, 0.4) is 0 Å². The highest BCUT2D eigenvalue weighted by molar-refractivity contribution is 9.10. The van der Waals surface area contributed by atoms with Crippen molar-refractivity contribution < 1.29 is 4.39 Å². The quantitative estimate of drug-likeness (QED) is 0.423. The van der Waals surface area contributed by atoms with Gasteiger partial charge < -0.3 is 0 Å². The third-order valence-electron chi connectivity index (χ3n) is 3.68. The summed E-state index contributed by atoms with van der Waals surface area (Å²) < 4.78 is 14.3. The van der Waals surface area contributed by atoms with Crippen molar-refractivity contribution in [2.24, 2.45) is 0 Å². The summed E-state index contributed by atoms with van der Waals surface area (Å²) in [4.78, 5) is -0.0359. The van der Waals surface area contributed by atoms with E-state index in [0.717, 1.165) is 5.56 Å². The number of hydrogen-bond acceptors (Lipinski definition) is 0. The molecule has 3 rings (SSSR count). The lowest BCUT2D eigenvalue weighted by Crippen LogP contribution is -1.98. The molecule has 0 saturated carbocycles. The molecule has 1 atom stereocenters. The summed E-state index contributed by atoms with van der Waals surface area (Å²) in [5, 5.41) is 2.39. The average Bonchev–Trinajstić information content (AvgIpc) is 2.49. The fourth-order valence-electron chi connectivity index (χ4n) is 2.58. The lowest BCUT2D eigenvalue weighted by atomic mass is 9.94. The van der Waals surface area contributed by atoms with Crippen LogP contribution in [0, 0.1) is 12.7 Å². The van der Waals surface area contributed by atoms with Crippen LogP contribution < -0.4 is 0 Å². The Hall–Kier alpha value is -1.19.